The molecule has 1 amide bonds. The molecule has 1 aliphatic rings. The fraction of sp³-hybridized carbons (Fsp3) is 0.818. The molecule has 1 aliphatic heterocycles. The molecule has 5 nitrogen and oxygen atoms in total. The van der Waals surface area contributed by atoms with E-state index in [0.717, 1.165) is 25.9 Å². The van der Waals surface area contributed by atoms with Gasteiger partial charge in [-0.15, -0.1) is 12.4 Å². The molecule has 17 heavy (non-hydrogen) atoms. The predicted octanol–water partition coefficient (Wildman–Crippen LogP) is 0.477. The van der Waals surface area contributed by atoms with Crippen molar-refractivity contribution in [2.75, 3.05) is 26.7 Å². The molecule has 6 heteroatoms. The molecule has 0 radical (unpaired) electrons. The standard InChI is InChI=1S/C11H20N2O3.ClH/c1-16-11(15)4-7-13-10(14)8-9-2-5-12-6-3-9;/h9,12H,2-8H2,1H3,(H,13,14);1H. The molecule has 0 aliphatic carbocycles. The second-order valence-electron chi connectivity index (χ2n) is 4.07. The number of hydrogen-bond acceptors (Lipinski definition) is 4. The summed E-state index contributed by atoms with van der Waals surface area (Å²) in [5.41, 5.74) is 0. The lowest BCUT2D eigenvalue weighted by atomic mass is 9.94. The maximum absolute atomic E-state index is 11.5. The van der Waals surface area contributed by atoms with Crippen LogP contribution >= 0.6 is 12.4 Å². The zero-order valence-corrected chi connectivity index (χ0v) is 11.0. The number of esters is 1. The molecule has 0 spiro atoms. The van der Waals surface area contributed by atoms with Crippen LogP contribution in [0, 0.1) is 5.92 Å². The number of carbonyl (C=O) groups excluding carboxylic acids is 2. The number of nitrogens with one attached hydrogen (secondary N) is 2. The van der Waals surface area contributed by atoms with Gasteiger partial charge in [0.25, 0.3) is 0 Å². The van der Waals surface area contributed by atoms with Crippen molar-refractivity contribution in [3.63, 3.8) is 0 Å². The van der Waals surface area contributed by atoms with Gasteiger partial charge >= 0.3 is 5.97 Å². The molecular formula is C11H21ClN2O3. The lowest BCUT2D eigenvalue weighted by Gasteiger charge is -2.21. The van der Waals surface area contributed by atoms with Gasteiger partial charge < -0.3 is 15.4 Å². The summed E-state index contributed by atoms with van der Waals surface area (Å²) in [4.78, 5) is 22.3. The van der Waals surface area contributed by atoms with Crippen molar-refractivity contribution in [3.05, 3.63) is 0 Å². The quantitative estimate of drug-likeness (QED) is 0.709. The van der Waals surface area contributed by atoms with Crippen molar-refractivity contribution in [3.8, 4) is 0 Å². The maximum atomic E-state index is 11.5. The molecule has 1 fully saturated rings. The van der Waals surface area contributed by atoms with E-state index in [4.69, 9.17) is 0 Å². The summed E-state index contributed by atoms with van der Waals surface area (Å²) in [6.45, 7) is 2.37. The van der Waals surface area contributed by atoms with E-state index >= 15 is 0 Å². The van der Waals surface area contributed by atoms with E-state index < -0.39 is 0 Å². The third-order valence-electron chi connectivity index (χ3n) is 2.81. The van der Waals surface area contributed by atoms with Crippen molar-refractivity contribution in [1.82, 2.24) is 10.6 Å². The zero-order chi connectivity index (χ0) is 11.8. The fourth-order valence-electron chi connectivity index (χ4n) is 1.83. The summed E-state index contributed by atoms with van der Waals surface area (Å²) >= 11 is 0. The Morgan fingerprint density at radius 1 is 1.35 bits per heavy atom. The Bertz CT molecular complexity index is 243. The van der Waals surface area contributed by atoms with Crippen LogP contribution in [0.15, 0.2) is 0 Å². The first kappa shape index (κ1) is 16.2. The van der Waals surface area contributed by atoms with E-state index in [1.165, 1.54) is 7.11 Å². The smallest absolute Gasteiger partial charge is 0.307 e. The highest BCUT2D eigenvalue weighted by atomic mass is 35.5. The Morgan fingerprint density at radius 3 is 2.59 bits per heavy atom. The highest BCUT2D eigenvalue weighted by Crippen LogP contribution is 2.15. The first-order valence-corrected chi connectivity index (χ1v) is 5.76. The van der Waals surface area contributed by atoms with Gasteiger partial charge in [-0.25, -0.2) is 0 Å². The fourth-order valence-corrected chi connectivity index (χ4v) is 1.83. The number of rotatable bonds is 5. The summed E-state index contributed by atoms with van der Waals surface area (Å²) < 4.78 is 4.48. The van der Waals surface area contributed by atoms with Gasteiger partial charge in [0.15, 0.2) is 0 Å². The number of methoxy groups -OCH3 is 1. The van der Waals surface area contributed by atoms with Crippen LogP contribution in [0.1, 0.15) is 25.7 Å². The van der Waals surface area contributed by atoms with Gasteiger partial charge in [-0.3, -0.25) is 9.59 Å². The Hall–Kier alpha value is -0.810. The molecule has 0 bridgehead atoms. The Balaban J connectivity index is 0.00000256. The van der Waals surface area contributed by atoms with Crippen LogP contribution in [-0.4, -0.2) is 38.6 Å². The molecule has 0 aromatic carbocycles. The minimum Gasteiger partial charge on any atom is -0.469 e. The summed E-state index contributed by atoms with van der Waals surface area (Å²) in [6.07, 6.45) is 2.94. The van der Waals surface area contributed by atoms with E-state index in [2.05, 4.69) is 15.4 Å². The monoisotopic (exact) mass is 264 g/mol. The van der Waals surface area contributed by atoms with E-state index in [-0.39, 0.29) is 30.7 Å². The van der Waals surface area contributed by atoms with Crippen molar-refractivity contribution in [1.29, 1.82) is 0 Å². The number of amides is 1. The predicted molar refractivity (Wildman–Crippen MR) is 67.1 cm³/mol. The maximum Gasteiger partial charge on any atom is 0.307 e. The highest BCUT2D eigenvalue weighted by molar-refractivity contribution is 5.85. The average molecular weight is 265 g/mol. The van der Waals surface area contributed by atoms with Gasteiger partial charge in [0.05, 0.1) is 13.5 Å². The Labute approximate surface area is 108 Å². The topological polar surface area (TPSA) is 67.4 Å². The minimum absolute atomic E-state index is 0. The van der Waals surface area contributed by atoms with Crippen LogP contribution in [0.5, 0.6) is 0 Å². The molecule has 100 valence electrons. The Kier molecular flexibility index (Phi) is 8.80. The number of hydrogen-bond donors (Lipinski definition) is 2. The van der Waals surface area contributed by atoms with Gasteiger partial charge in [0.1, 0.15) is 0 Å². The number of piperidine rings is 1. The Morgan fingerprint density at radius 2 is 2.00 bits per heavy atom. The first-order valence-electron chi connectivity index (χ1n) is 5.76. The zero-order valence-electron chi connectivity index (χ0n) is 10.2. The number of ether oxygens (including phenoxy) is 1. The van der Waals surface area contributed by atoms with E-state index in [1.807, 2.05) is 0 Å². The molecule has 0 aromatic rings. The van der Waals surface area contributed by atoms with Crippen LogP contribution in [0.3, 0.4) is 0 Å². The number of halogens is 1. The first-order chi connectivity index (χ1) is 7.72. The summed E-state index contributed by atoms with van der Waals surface area (Å²) in [6, 6.07) is 0. The van der Waals surface area contributed by atoms with Crippen LogP contribution < -0.4 is 10.6 Å². The molecule has 1 rings (SSSR count). The summed E-state index contributed by atoms with van der Waals surface area (Å²) in [5.74, 6) is 0.234. The van der Waals surface area contributed by atoms with Crippen LogP contribution in [-0.2, 0) is 14.3 Å². The highest BCUT2D eigenvalue weighted by Gasteiger charge is 2.16. The molecule has 0 unspecified atom stereocenters. The second-order valence-corrected chi connectivity index (χ2v) is 4.07. The van der Waals surface area contributed by atoms with Crippen molar-refractivity contribution >= 4 is 24.3 Å². The third kappa shape index (κ3) is 7.18. The molecule has 0 atom stereocenters. The van der Waals surface area contributed by atoms with E-state index in [0.29, 0.717) is 18.9 Å². The van der Waals surface area contributed by atoms with Crippen LogP contribution in [0.2, 0.25) is 0 Å². The molecule has 0 saturated carbocycles. The molecular weight excluding hydrogens is 244 g/mol. The van der Waals surface area contributed by atoms with Crippen molar-refractivity contribution in [2.45, 2.75) is 25.7 Å². The van der Waals surface area contributed by atoms with Crippen molar-refractivity contribution < 1.29 is 14.3 Å². The lowest BCUT2D eigenvalue weighted by molar-refractivity contribution is -0.140. The third-order valence-corrected chi connectivity index (χ3v) is 2.81. The molecule has 2 N–H and O–H groups in total. The lowest BCUT2D eigenvalue weighted by Crippen LogP contribution is -2.33. The SMILES string of the molecule is COC(=O)CCNC(=O)CC1CCNCC1.Cl. The van der Waals surface area contributed by atoms with Crippen LogP contribution in [0.4, 0.5) is 0 Å². The number of carbonyl (C=O) groups is 2. The average Bonchev–Trinajstić information content (AvgIpc) is 2.30. The van der Waals surface area contributed by atoms with E-state index in [9.17, 15) is 9.59 Å². The van der Waals surface area contributed by atoms with Crippen molar-refractivity contribution in [2.24, 2.45) is 5.92 Å². The van der Waals surface area contributed by atoms with Gasteiger partial charge in [-0.2, -0.15) is 0 Å². The molecule has 1 saturated heterocycles. The van der Waals surface area contributed by atoms with Gasteiger partial charge in [0, 0.05) is 13.0 Å². The summed E-state index contributed by atoms with van der Waals surface area (Å²) in [7, 11) is 1.35. The normalized spacial score (nSPS) is 15.8. The van der Waals surface area contributed by atoms with Gasteiger partial charge in [-0.05, 0) is 31.8 Å². The summed E-state index contributed by atoms with van der Waals surface area (Å²) in [5, 5.41) is 6.00. The van der Waals surface area contributed by atoms with E-state index in [1.54, 1.807) is 0 Å². The second kappa shape index (κ2) is 9.24. The minimum atomic E-state index is -0.290. The molecule has 0 aromatic heterocycles. The van der Waals surface area contributed by atoms with Gasteiger partial charge in [0.2, 0.25) is 5.91 Å². The van der Waals surface area contributed by atoms with Crippen LogP contribution in [0.25, 0.3) is 0 Å². The largest absolute Gasteiger partial charge is 0.469 e. The molecule has 1 heterocycles. The van der Waals surface area contributed by atoms with Gasteiger partial charge in [-0.1, -0.05) is 0 Å².